The Bertz CT molecular complexity index is 802. The highest BCUT2D eigenvalue weighted by Gasteiger charge is 2.63. The van der Waals surface area contributed by atoms with Crippen LogP contribution in [-0.4, -0.2) is 47.8 Å². The van der Waals surface area contributed by atoms with Crippen molar-refractivity contribution < 1.29 is 14.1 Å². The first-order valence-electron chi connectivity index (χ1n) is 9.96. The van der Waals surface area contributed by atoms with Crippen molar-refractivity contribution in [1.82, 2.24) is 10.1 Å². The number of nitrogens with two attached hydrogens (primary N) is 1. The Labute approximate surface area is 167 Å². The van der Waals surface area contributed by atoms with Gasteiger partial charge in [0.2, 0.25) is 5.91 Å². The fraction of sp³-hybridized carbons (Fsp3) is 0.545. The second-order valence-corrected chi connectivity index (χ2v) is 8.22. The summed E-state index contributed by atoms with van der Waals surface area (Å²) in [4.78, 5) is 14.7. The minimum absolute atomic E-state index is 0.0176. The molecule has 152 valence electrons. The summed E-state index contributed by atoms with van der Waals surface area (Å²) in [6.45, 7) is 7.25. The number of benzene rings is 1. The van der Waals surface area contributed by atoms with Gasteiger partial charge in [-0.25, -0.2) is 0 Å². The molecular weight excluding hydrogens is 354 g/mol. The average Bonchev–Trinajstić information content (AvgIpc) is 3.16. The van der Waals surface area contributed by atoms with Crippen LogP contribution in [0.2, 0.25) is 0 Å². The number of hydrogen-bond acceptors (Lipinski definition) is 5. The van der Waals surface area contributed by atoms with Gasteiger partial charge in [-0.05, 0) is 13.3 Å². The van der Waals surface area contributed by atoms with Gasteiger partial charge in [0.1, 0.15) is 17.0 Å². The van der Waals surface area contributed by atoms with Crippen molar-refractivity contribution >= 4 is 5.91 Å². The molecule has 0 aliphatic heterocycles. The van der Waals surface area contributed by atoms with Crippen molar-refractivity contribution in [3.8, 4) is 11.3 Å². The summed E-state index contributed by atoms with van der Waals surface area (Å²) >= 11 is 0. The largest absolute Gasteiger partial charge is 0.378 e. The molecule has 0 radical (unpaired) electrons. The van der Waals surface area contributed by atoms with Gasteiger partial charge in [-0.3, -0.25) is 4.79 Å². The number of rotatable bonds is 8. The molecule has 2 aromatic rings. The number of nitrogens with zero attached hydrogens (tertiary/aromatic N) is 2. The van der Waals surface area contributed by atoms with E-state index in [1.54, 1.807) is 4.90 Å². The molecule has 1 saturated carbocycles. The van der Waals surface area contributed by atoms with Crippen LogP contribution in [0.3, 0.4) is 0 Å². The van der Waals surface area contributed by atoms with Gasteiger partial charge in [0.05, 0.1) is 6.10 Å². The molecule has 3 rings (SSSR count). The Balaban J connectivity index is 1.52. The zero-order valence-corrected chi connectivity index (χ0v) is 17.3. The van der Waals surface area contributed by atoms with E-state index in [2.05, 4.69) is 5.16 Å². The molecule has 1 aromatic heterocycles. The molecule has 1 amide bonds. The Morgan fingerprint density at radius 2 is 2.07 bits per heavy atom. The number of aromatic nitrogens is 1. The molecule has 0 bridgehead atoms. The first-order chi connectivity index (χ1) is 13.3. The lowest BCUT2D eigenvalue weighted by atomic mass is 9.54. The Kier molecular flexibility index (Phi) is 5.91. The maximum atomic E-state index is 13.0. The first kappa shape index (κ1) is 20.6. The van der Waals surface area contributed by atoms with E-state index in [1.165, 1.54) is 0 Å². The third kappa shape index (κ3) is 3.71. The summed E-state index contributed by atoms with van der Waals surface area (Å²) in [5, 5.41) is 4.14. The molecule has 1 aliphatic rings. The van der Waals surface area contributed by atoms with Crippen molar-refractivity contribution in [2.45, 2.75) is 51.7 Å². The van der Waals surface area contributed by atoms with E-state index in [-0.39, 0.29) is 17.4 Å². The van der Waals surface area contributed by atoms with Gasteiger partial charge in [0.15, 0.2) is 0 Å². The van der Waals surface area contributed by atoms with Crippen LogP contribution in [0.5, 0.6) is 0 Å². The van der Waals surface area contributed by atoms with Gasteiger partial charge >= 0.3 is 0 Å². The number of amides is 1. The van der Waals surface area contributed by atoms with E-state index in [9.17, 15) is 4.79 Å². The van der Waals surface area contributed by atoms with E-state index in [0.717, 1.165) is 29.9 Å². The topological polar surface area (TPSA) is 81.6 Å². The van der Waals surface area contributed by atoms with Crippen molar-refractivity contribution in [3.05, 3.63) is 42.2 Å². The SMILES string of the molecule is CCOC1CC(N)(C(=O)N(C)CCCc2cc(-c3ccccc3)no2)C1(C)C. The minimum Gasteiger partial charge on any atom is -0.378 e. The van der Waals surface area contributed by atoms with Crippen molar-refractivity contribution in [2.24, 2.45) is 11.1 Å². The highest BCUT2D eigenvalue weighted by molar-refractivity contribution is 5.88. The molecule has 1 fully saturated rings. The van der Waals surface area contributed by atoms with Crippen LogP contribution in [0.15, 0.2) is 40.9 Å². The second-order valence-electron chi connectivity index (χ2n) is 8.22. The molecule has 28 heavy (non-hydrogen) atoms. The van der Waals surface area contributed by atoms with Crippen LogP contribution in [-0.2, 0) is 16.0 Å². The smallest absolute Gasteiger partial charge is 0.243 e. The number of carbonyl (C=O) groups is 1. The van der Waals surface area contributed by atoms with E-state index in [0.29, 0.717) is 19.6 Å². The van der Waals surface area contributed by atoms with Crippen molar-refractivity contribution in [1.29, 1.82) is 0 Å². The fourth-order valence-electron chi connectivity index (χ4n) is 3.91. The summed E-state index contributed by atoms with van der Waals surface area (Å²) in [6.07, 6.45) is 2.11. The van der Waals surface area contributed by atoms with Gasteiger partial charge < -0.3 is 19.9 Å². The number of carbonyl (C=O) groups excluding carboxylic acids is 1. The zero-order chi connectivity index (χ0) is 20.4. The number of ether oxygens (including phenoxy) is 1. The van der Waals surface area contributed by atoms with Crippen LogP contribution < -0.4 is 5.73 Å². The predicted octanol–water partition coefficient (Wildman–Crippen LogP) is 3.27. The molecule has 0 spiro atoms. The molecule has 2 unspecified atom stereocenters. The lowest BCUT2D eigenvalue weighted by Gasteiger charge is -2.58. The standard InChI is InChI=1S/C22H31N3O3/c1-5-27-19-15-22(23,21(19,2)3)20(26)25(4)13-9-12-17-14-18(24-28-17)16-10-7-6-8-11-16/h6-8,10-11,14,19H,5,9,12-13,15,23H2,1-4H3. The molecule has 6 heteroatoms. The lowest BCUT2D eigenvalue weighted by molar-refractivity contribution is -0.178. The van der Waals surface area contributed by atoms with Gasteiger partial charge in [-0.1, -0.05) is 49.3 Å². The van der Waals surface area contributed by atoms with Gasteiger partial charge in [-0.15, -0.1) is 0 Å². The number of likely N-dealkylation sites (N-methyl/N-ethyl adjacent to an activating group) is 1. The van der Waals surface area contributed by atoms with Crippen LogP contribution >= 0.6 is 0 Å². The Morgan fingerprint density at radius 3 is 2.71 bits per heavy atom. The number of hydrogen-bond donors (Lipinski definition) is 1. The number of aryl methyl sites for hydroxylation is 1. The molecule has 6 nitrogen and oxygen atoms in total. The summed E-state index contributed by atoms with van der Waals surface area (Å²) in [7, 11) is 1.82. The summed E-state index contributed by atoms with van der Waals surface area (Å²) in [5.74, 6) is 0.804. The van der Waals surface area contributed by atoms with E-state index < -0.39 is 5.54 Å². The molecule has 0 saturated heterocycles. The Morgan fingerprint density at radius 1 is 1.36 bits per heavy atom. The predicted molar refractivity (Wildman–Crippen MR) is 109 cm³/mol. The van der Waals surface area contributed by atoms with Gasteiger partial charge in [0.25, 0.3) is 0 Å². The van der Waals surface area contributed by atoms with Crippen LogP contribution in [0, 0.1) is 5.41 Å². The molecule has 1 aliphatic carbocycles. The normalized spacial score (nSPS) is 23.2. The minimum atomic E-state index is -0.867. The second kappa shape index (κ2) is 8.05. The van der Waals surface area contributed by atoms with Crippen molar-refractivity contribution in [3.63, 3.8) is 0 Å². The summed E-state index contributed by atoms with van der Waals surface area (Å²) in [5.41, 5.74) is 7.12. The third-order valence-electron chi connectivity index (χ3n) is 6.10. The summed E-state index contributed by atoms with van der Waals surface area (Å²) in [6, 6.07) is 11.9. The maximum Gasteiger partial charge on any atom is 0.243 e. The summed E-state index contributed by atoms with van der Waals surface area (Å²) < 4.78 is 11.2. The molecule has 1 heterocycles. The fourth-order valence-corrected chi connectivity index (χ4v) is 3.91. The van der Waals surface area contributed by atoms with Gasteiger partial charge in [0, 0.05) is 50.1 Å². The maximum absolute atomic E-state index is 13.0. The molecular formula is C22H31N3O3. The zero-order valence-electron chi connectivity index (χ0n) is 17.3. The van der Waals surface area contributed by atoms with Crippen LogP contribution in [0.4, 0.5) is 0 Å². The van der Waals surface area contributed by atoms with Crippen LogP contribution in [0.25, 0.3) is 11.3 Å². The monoisotopic (exact) mass is 385 g/mol. The third-order valence-corrected chi connectivity index (χ3v) is 6.10. The quantitative estimate of drug-likeness (QED) is 0.754. The Hall–Kier alpha value is -2.18. The first-order valence-corrected chi connectivity index (χ1v) is 9.96. The van der Waals surface area contributed by atoms with E-state index in [1.807, 2.05) is 64.2 Å². The lowest BCUT2D eigenvalue weighted by Crippen LogP contribution is -2.75. The van der Waals surface area contributed by atoms with E-state index >= 15 is 0 Å². The van der Waals surface area contributed by atoms with Crippen molar-refractivity contribution in [2.75, 3.05) is 20.2 Å². The highest BCUT2D eigenvalue weighted by Crippen LogP contribution is 2.50. The molecule has 2 N–H and O–H groups in total. The highest BCUT2D eigenvalue weighted by atomic mass is 16.5. The molecule has 1 aromatic carbocycles. The van der Waals surface area contributed by atoms with Gasteiger partial charge in [-0.2, -0.15) is 0 Å². The van der Waals surface area contributed by atoms with E-state index in [4.69, 9.17) is 15.0 Å². The van der Waals surface area contributed by atoms with Crippen LogP contribution in [0.1, 0.15) is 39.4 Å². The average molecular weight is 386 g/mol. The molecule has 2 atom stereocenters.